The van der Waals surface area contributed by atoms with Gasteiger partial charge >= 0.3 is 12.1 Å². The van der Waals surface area contributed by atoms with Crippen LogP contribution < -0.4 is 10.1 Å². The van der Waals surface area contributed by atoms with Crippen LogP contribution in [-0.2, 0) is 30.2 Å². The Bertz CT molecular complexity index is 1240. The number of ether oxygens (including phenoxy) is 1. The van der Waals surface area contributed by atoms with Crippen molar-refractivity contribution in [2.45, 2.75) is 37.9 Å². The number of carbonyl (C=O) groups excluding carboxylic acids is 1. The van der Waals surface area contributed by atoms with Crippen LogP contribution in [-0.4, -0.2) is 29.1 Å². The van der Waals surface area contributed by atoms with Gasteiger partial charge in [-0.25, -0.2) is 4.79 Å². The second kappa shape index (κ2) is 9.44. The molecule has 0 aliphatic heterocycles. The summed E-state index contributed by atoms with van der Waals surface area (Å²) in [6.07, 6.45) is -4.12. The summed E-state index contributed by atoms with van der Waals surface area (Å²) in [5.74, 6) is -2.46. The van der Waals surface area contributed by atoms with Crippen LogP contribution in [0.2, 0.25) is 0 Å². The van der Waals surface area contributed by atoms with E-state index >= 15 is 0 Å². The third-order valence-electron chi connectivity index (χ3n) is 6.15. The predicted octanol–water partition coefficient (Wildman–Crippen LogP) is 4.99. The second-order valence-electron chi connectivity index (χ2n) is 8.76. The highest BCUT2D eigenvalue weighted by Crippen LogP contribution is 2.37. The summed E-state index contributed by atoms with van der Waals surface area (Å²) in [7, 11) is 0. The maximum Gasteiger partial charge on any atom is 0.419 e. The zero-order valence-corrected chi connectivity index (χ0v) is 19.0. The molecule has 0 heterocycles. The van der Waals surface area contributed by atoms with Crippen LogP contribution in [0.25, 0.3) is 0 Å². The Labute approximate surface area is 200 Å². The molecule has 0 saturated carbocycles. The molecule has 0 bridgehead atoms. The van der Waals surface area contributed by atoms with Crippen molar-refractivity contribution in [3.8, 4) is 5.75 Å². The van der Waals surface area contributed by atoms with Gasteiger partial charge in [0.2, 0.25) is 0 Å². The first-order valence-corrected chi connectivity index (χ1v) is 11.1. The standard InChI is InChI=1S/C27H24F3NO4/c1-17-5-4-6-18(13-17)11-12-35-23-14-19(9-10-22(23)27(28,29)30)24(32)31-26(25(33)34)15-20-7-2-3-8-21(20)16-26/h2-10,13-14H,11-12,15-16H2,1H3,(H,31,32)(H,33,34). The van der Waals surface area contributed by atoms with E-state index in [1.165, 1.54) is 0 Å². The number of fused-ring (bicyclic) bond motifs is 1. The summed E-state index contributed by atoms with van der Waals surface area (Å²) in [5, 5.41) is 12.4. The van der Waals surface area contributed by atoms with Gasteiger partial charge < -0.3 is 15.2 Å². The number of carboxylic acid groups (broad SMARTS) is 1. The van der Waals surface area contributed by atoms with E-state index in [9.17, 15) is 27.9 Å². The van der Waals surface area contributed by atoms with Gasteiger partial charge in [0.15, 0.2) is 0 Å². The zero-order chi connectivity index (χ0) is 25.2. The molecular weight excluding hydrogens is 459 g/mol. The van der Waals surface area contributed by atoms with Crippen LogP contribution in [0.3, 0.4) is 0 Å². The first-order valence-electron chi connectivity index (χ1n) is 11.1. The smallest absolute Gasteiger partial charge is 0.419 e. The summed E-state index contributed by atoms with van der Waals surface area (Å²) in [6, 6.07) is 17.6. The molecule has 4 rings (SSSR count). The van der Waals surface area contributed by atoms with Crippen LogP contribution in [0.1, 0.15) is 38.2 Å². The zero-order valence-electron chi connectivity index (χ0n) is 19.0. The molecule has 1 aliphatic rings. The Kier molecular flexibility index (Phi) is 6.56. The number of rotatable bonds is 7. The van der Waals surface area contributed by atoms with Gasteiger partial charge in [0.05, 0.1) is 12.2 Å². The highest BCUT2D eigenvalue weighted by Gasteiger charge is 2.45. The van der Waals surface area contributed by atoms with E-state index < -0.39 is 34.9 Å². The van der Waals surface area contributed by atoms with Gasteiger partial charge in [0.25, 0.3) is 5.91 Å². The molecule has 3 aromatic rings. The number of alkyl halides is 3. The van der Waals surface area contributed by atoms with Gasteiger partial charge in [0, 0.05) is 24.8 Å². The average molecular weight is 483 g/mol. The molecule has 0 unspecified atom stereocenters. The third-order valence-corrected chi connectivity index (χ3v) is 6.15. The number of aryl methyl sites for hydroxylation is 1. The molecule has 3 aromatic carbocycles. The first-order chi connectivity index (χ1) is 16.6. The molecule has 1 aliphatic carbocycles. The molecule has 1 amide bonds. The molecule has 0 aromatic heterocycles. The van der Waals surface area contributed by atoms with Crippen LogP contribution in [0, 0.1) is 6.92 Å². The summed E-state index contributed by atoms with van der Waals surface area (Å²) in [4.78, 5) is 25.1. The summed E-state index contributed by atoms with van der Waals surface area (Å²) in [6.45, 7) is 1.90. The lowest BCUT2D eigenvalue weighted by molar-refractivity contribution is -0.144. The largest absolute Gasteiger partial charge is 0.493 e. The van der Waals surface area contributed by atoms with Gasteiger partial charge in [0.1, 0.15) is 11.3 Å². The molecule has 0 spiro atoms. The van der Waals surface area contributed by atoms with Crippen LogP contribution in [0.15, 0.2) is 66.7 Å². The number of carboxylic acids is 1. The Morgan fingerprint density at radius 2 is 1.69 bits per heavy atom. The maximum atomic E-state index is 13.6. The number of hydrogen-bond donors (Lipinski definition) is 2. The molecule has 35 heavy (non-hydrogen) atoms. The van der Waals surface area contributed by atoms with E-state index in [1.807, 2.05) is 31.2 Å². The molecule has 8 heteroatoms. The fourth-order valence-corrected chi connectivity index (χ4v) is 4.36. The number of nitrogens with one attached hydrogen (secondary N) is 1. The fraction of sp³-hybridized carbons (Fsp3) is 0.259. The van der Waals surface area contributed by atoms with Crippen molar-refractivity contribution in [2.75, 3.05) is 6.61 Å². The van der Waals surface area contributed by atoms with E-state index in [1.54, 1.807) is 24.3 Å². The van der Waals surface area contributed by atoms with Gasteiger partial charge in [-0.3, -0.25) is 4.79 Å². The number of benzene rings is 3. The van der Waals surface area contributed by atoms with Gasteiger partial charge in [-0.15, -0.1) is 0 Å². The number of hydrogen-bond acceptors (Lipinski definition) is 3. The van der Waals surface area contributed by atoms with Crippen molar-refractivity contribution < 1.29 is 32.6 Å². The minimum atomic E-state index is -4.68. The normalized spacial score (nSPS) is 14.3. The van der Waals surface area contributed by atoms with Crippen molar-refractivity contribution in [2.24, 2.45) is 0 Å². The molecule has 182 valence electrons. The Morgan fingerprint density at radius 1 is 1.00 bits per heavy atom. The Morgan fingerprint density at radius 3 is 2.29 bits per heavy atom. The first kappa shape index (κ1) is 24.3. The van der Waals surface area contributed by atoms with E-state index in [4.69, 9.17) is 4.74 Å². The number of amides is 1. The minimum absolute atomic E-state index is 0.0218. The molecule has 5 nitrogen and oxygen atoms in total. The van der Waals surface area contributed by atoms with Crippen molar-refractivity contribution in [1.29, 1.82) is 0 Å². The van der Waals surface area contributed by atoms with Crippen molar-refractivity contribution in [3.05, 3.63) is 100 Å². The lowest BCUT2D eigenvalue weighted by Gasteiger charge is -2.26. The Balaban J connectivity index is 1.55. The third kappa shape index (κ3) is 5.31. The van der Waals surface area contributed by atoms with Crippen molar-refractivity contribution in [1.82, 2.24) is 5.32 Å². The van der Waals surface area contributed by atoms with Crippen molar-refractivity contribution >= 4 is 11.9 Å². The van der Waals surface area contributed by atoms with Gasteiger partial charge in [-0.1, -0.05) is 54.1 Å². The summed E-state index contributed by atoms with van der Waals surface area (Å²) >= 11 is 0. The second-order valence-corrected chi connectivity index (χ2v) is 8.76. The van der Waals surface area contributed by atoms with Crippen molar-refractivity contribution in [3.63, 3.8) is 0 Å². The van der Waals surface area contributed by atoms with E-state index in [2.05, 4.69) is 5.32 Å². The Hall–Kier alpha value is -3.81. The number of halogens is 3. The van der Waals surface area contributed by atoms with Crippen LogP contribution >= 0.6 is 0 Å². The van der Waals surface area contributed by atoms with Crippen LogP contribution in [0.4, 0.5) is 13.2 Å². The number of aliphatic carboxylic acids is 1. The maximum absolute atomic E-state index is 13.6. The van der Waals surface area contributed by atoms with E-state index in [-0.39, 0.29) is 25.0 Å². The molecule has 0 fully saturated rings. The molecule has 0 atom stereocenters. The quantitative estimate of drug-likeness (QED) is 0.497. The molecule has 0 radical (unpaired) electrons. The topological polar surface area (TPSA) is 75.6 Å². The van der Waals surface area contributed by atoms with Gasteiger partial charge in [-0.05, 0) is 41.8 Å². The fourth-order valence-electron chi connectivity index (χ4n) is 4.36. The predicted molar refractivity (Wildman–Crippen MR) is 124 cm³/mol. The number of carbonyl (C=O) groups is 2. The summed E-state index contributed by atoms with van der Waals surface area (Å²) in [5.41, 5.74) is 0.871. The monoisotopic (exact) mass is 483 g/mol. The van der Waals surface area contributed by atoms with Crippen LogP contribution in [0.5, 0.6) is 5.75 Å². The minimum Gasteiger partial charge on any atom is -0.493 e. The molecular formula is C27H24F3NO4. The average Bonchev–Trinajstić information content (AvgIpc) is 3.18. The highest BCUT2D eigenvalue weighted by atomic mass is 19.4. The lowest BCUT2D eigenvalue weighted by atomic mass is 9.95. The van der Waals surface area contributed by atoms with Gasteiger partial charge in [-0.2, -0.15) is 13.2 Å². The highest BCUT2D eigenvalue weighted by molar-refractivity contribution is 5.98. The molecule has 0 saturated heterocycles. The van der Waals surface area contributed by atoms with E-state index in [0.717, 1.165) is 40.5 Å². The van der Waals surface area contributed by atoms with E-state index in [0.29, 0.717) is 6.42 Å². The molecule has 2 N–H and O–H groups in total. The summed E-state index contributed by atoms with van der Waals surface area (Å²) < 4.78 is 46.2. The SMILES string of the molecule is Cc1cccc(CCOc2cc(C(=O)NC3(C(=O)O)Cc4ccccc4C3)ccc2C(F)(F)F)c1. The lowest BCUT2D eigenvalue weighted by Crippen LogP contribution is -2.55.